The molecule has 8 heteroatoms. The van der Waals surface area contributed by atoms with Crippen molar-refractivity contribution in [3.05, 3.63) is 36.5 Å². The van der Waals surface area contributed by atoms with Gasteiger partial charge in [-0.25, -0.2) is 19.9 Å². The third-order valence-corrected chi connectivity index (χ3v) is 3.53. The van der Waals surface area contributed by atoms with E-state index < -0.39 is 0 Å². The highest BCUT2D eigenvalue weighted by molar-refractivity contribution is 6.99. The summed E-state index contributed by atoms with van der Waals surface area (Å²) in [6.07, 6.45) is 4.76. The Labute approximate surface area is 123 Å². The lowest BCUT2D eigenvalue weighted by Crippen LogP contribution is -1.97. The van der Waals surface area contributed by atoms with E-state index in [1.807, 2.05) is 13.0 Å². The number of hydrogen-bond acceptors (Lipinski definition) is 8. The van der Waals surface area contributed by atoms with Crippen molar-refractivity contribution in [3.63, 3.8) is 0 Å². The van der Waals surface area contributed by atoms with Gasteiger partial charge in [-0.1, -0.05) is 0 Å². The Bertz CT molecular complexity index is 917. The average molecular weight is 296 g/mol. The maximum Gasteiger partial charge on any atom is 0.213 e. The zero-order valence-electron chi connectivity index (χ0n) is 10.9. The lowest BCUT2D eigenvalue weighted by atomic mass is 10.1. The van der Waals surface area contributed by atoms with E-state index in [2.05, 4.69) is 28.7 Å². The largest absolute Gasteiger partial charge is 0.462 e. The number of aryl methyl sites for hydroxylation is 1. The second kappa shape index (κ2) is 4.67. The molecule has 0 amide bonds. The molecule has 4 aromatic rings. The number of hydrogen-bond donors (Lipinski definition) is 0. The fourth-order valence-corrected chi connectivity index (χ4v) is 2.46. The molecule has 0 bridgehead atoms. The Balaban J connectivity index is 2.05. The van der Waals surface area contributed by atoms with Crippen molar-refractivity contribution in [2.75, 3.05) is 0 Å². The van der Waals surface area contributed by atoms with E-state index >= 15 is 0 Å². The van der Waals surface area contributed by atoms with Gasteiger partial charge >= 0.3 is 0 Å². The first-order valence-corrected chi connectivity index (χ1v) is 6.87. The van der Waals surface area contributed by atoms with Gasteiger partial charge in [0, 0.05) is 6.20 Å². The Morgan fingerprint density at radius 3 is 2.52 bits per heavy atom. The zero-order chi connectivity index (χ0) is 14.2. The molecule has 4 rings (SSSR count). The van der Waals surface area contributed by atoms with Crippen molar-refractivity contribution < 1.29 is 4.42 Å². The second-order valence-electron chi connectivity index (χ2n) is 4.36. The van der Waals surface area contributed by atoms with Gasteiger partial charge in [-0.3, -0.25) is 0 Å². The highest BCUT2D eigenvalue weighted by Crippen LogP contribution is 2.31. The Morgan fingerprint density at radius 2 is 1.86 bits per heavy atom. The van der Waals surface area contributed by atoms with Crippen LogP contribution in [0.2, 0.25) is 0 Å². The molecule has 0 aliphatic carbocycles. The van der Waals surface area contributed by atoms with Crippen LogP contribution in [0.5, 0.6) is 0 Å². The standard InChI is InChI=1S/C13H8N6OS/c1-7-3-5-20-11(7)10-9(8-2-4-14-6-15-8)16-12-13(17-10)19-21-18-12/h2-6H,1H3. The van der Waals surface area contributed by atoms with Crippen LogP contribution in [0.3, 0.4) is 0 Å². The van der Waals surface area contributed by atoms with Gasteiger partial charge in [-0.05, 0) is 24.6 Å². The van der Waals surface area contributed by atoms with Crippen molar-refractivity contribution in [3.8, 4) is 22.8 Å². The molecule has 0 saturated carbocycles. The van der Waals surface area contributed by atoms with Crippen LogP contribution in [0.4, 0.5) is 0 Å². The zero-order valence-corrected chi connectivity index (χ0v) is 11.7. The molecule has 7 nitrogen and oxygen atoms in total. The van der Waals surface area contributed by atoms with Crippen LogP contribution in [0.15, 0.2) is 35.3 Å². The van der Waals surface area contributed by atoms with Crippen LogP contribution in [-0.4, -0.2) is 28.7 Å². The van der Waals surface area contributed by atoms with Gasteiger partial charge in [0.25, 0.3) is 0 Å². The van der Waals surface area contributed by atoms with Crippen LogP contribution < -0.4 is 0 Å². The predicted octanol–water partition coefficient (Wildman–Crippen LogP) is 2.51. The Hall–Kier alpha value is -2.74. The Morgan fingerprint density at radius 1 is 1.05 bits per heavy atom. The number of furan rings is 1. The predicted molar refractivity (Wildman–Crippen MR) is 76.5 cm³/mol. The molecule has 0 N–H and O–H groups in total. The molecule has 4 heterocycles. The summed E-state index contributed by atoms with van der Waals surface area (Å²) in [6, 6.07) is 3.65. The molecule has 0 atom stereocenters. The SMILES string of the molecule is Cc1ccoc1-c1nc2nsnc2nc1-c1ccncn1. The molecule has 0 saturated heterocycles. The molecule has 0 aliphatic rings. The van der Waals surface area contributed by atoms with Crippen LogP contribution in [0.1, 0.15) is 5.56 Å². The highest BCUT2D eigenvalue weighted by Gasteiger charge is 2.19. The minimum Gasteiger partial charge on any atom is -0.462 e. The quantitative estimate of drug-likeness (QED) is 0.561. The van der Waals surface area contributed by atoms with Gasteiger partial charge < -0.3 is 4.42 Å². The molecule has 4 aromatic heterocycles. The van der Waals surface area contributed by atoms with E-state index in [1.165, 1.54) is 6.33 Å². The molecule has 0 spiro atoms. The summed E-state index contributed by atoms with van der Waals surface area (Å²) in [7, 11) is 0. The number of fused-ring (bicyclic) bond motifs is 1. The van der Waals surface area contributed by atoms with Gasteiger partial charge in [0.05, 0.1) is 23.7 Å². The molecule has 102 valence electrons. The smallest absolute Gasteiger partial charge is 0.213 e. The van der Waals surface area contributed by atoms with Gasteiger partial charge in [0.1, 0.15) is 17.7 Å². The number of aromatic nitrogens is 6. The minimum atomic E-state index is 0.501. The van der Waals surface area contributed by atoms with Crippen molar-refractivity contribution in [1.82, 2.24) is 28.7 Å². The van der Waals surface area contributed by atoms with Crippen molar-refractivity contribution in [2.24, 2.45) is 0 Å². The van der Waals surface area contributed by atoms with E-state index in [0.717, 1.165) is 17.3 Å². The first-order valence-electron chi connectivity index (χ1n) is 6.14. The fraction of sp³-hybridized carbons (Fsp3) is 0.0769. The molecule has 0 radical (unpaired) electrons. The van der Waals surface area contributed by atoms with E-state index in [-0.39, 0.29) is 0 Å². The lowest BCUT2D eigenvalue weighted by molar-refractivity contribution is 0.578. The molecule has 0 aliphatic heterocycles. The lowest BCUT2D eigenvalue weighted by Gasteiger charge is -2.05. The summed E-state index contributed by atoms with van der Waals surface area (Å²) >= 11 is 1.08. The summed E-state index contributed by atoms with van der Waals surface area (Å²) in [4.78, 5) is 17.2. The Kier molecular flexibility index (Phi) is 2.68. The monoisotopic (exact) mass is 296 g/mol. The van der Waals surface area contributed by atoms with E-state index in [4.69, 9.17) is 4.42 Å². The summed E-state index contributed by atoms with van der Waals surface area (Å²) in [5.74, 6) is 0.658. The molecular formula is C13H8N6OS. The van der Waals surface area contributed by atoms with E-state index in [1.54, 1.807) is 18.5 Å². The van der Waals surface area contributed by atoms with Crippen molar-refractivity contribution in [2.45, 2.75) is 6.92 Å². The number of rotatable bonds is 2. The van der Waals surface area contributed by atoms with Crippen LogP contribution in [-0.2, 0) is 0 Å². The second-order valence-corrected chi connectivity index (χ2v) is 4.89. The maximum absolute atomic E-state index is 5.55. The third kappa shape index (κ3) is 1.96. The minimum absolute atomic E-state index is 0.501. The summed E-state index contributed by atoms with van der Waals surface area (Å²) in [6.45, 7) is 1.95. The maximum atomic E-state index is 5.55. The normalized spacial score (nSPS) is 11.1. The molecule has 0 unspecified atom stereocenters. The summed E-state index contributed by atoms with van der Waals surface area (Å²) in [5, 5.41) is 0. The van der Waals surface area contributed by atoms with Gasteiger partial charge in [-0.15, -0.1) is 0 Å². The van der Waals surface area contributed by atoms with Gasteiger partial charge in [0.2, 0.25) is 11.3 Å². The van der Waals surface area contributed by atoms with E-state index in [0.29, 0.717) is 34.1 Å². The molecular weight excluding hydrogens is 288 g/mol. The van der Waals surface area contributed by atoms with Gasteiger partial charge in [0.15, 0.2) is 5.76 Å². The molecule has 0 fully saturated rings. The van der Waals surface area contributed by atoms with Crippen LogP contribution in [0.25, 0.3) is 34.1 Å². The molecule has 0 aromatic carbocycles. The first-order chi connectivity index (χ1) is 10.3. The van der Waals surface area contributed by atoms with Crippen LogP contribution >= 0.6 is 11.7 Å². The van der Waals surface area contributed by atoms with E-state index in [9.17, 15) is 0 Å². The molecule has 21 heavy (non-hydrogen) atoms. The fourth-order valence-electron chi connectivity index (χ4n) is 2.02. The number of nitrogens with zero attached hydrogens (tertiary/aromatic N) is 6. The topological polar surface area (TPSA) is 90.5 Å². The van der Waals surface area contributed by atoms with Crippen LogP contribution in [0, 0.1) is 6.92 Å². The van der Waals surface area contributed by atoms with Gasteiger partial charge in [-0.2, -0.15) is 8.75 Å². The first kappa shape index (κ1) is 12.0. The summed E-state index contributed by atoms with van der Waals surface area (Å²) in [5.41, 5.74) is 3.86. The summed E-state index contributed by atoms with van der Waals surface area (Å²) < 4.78 is 13.8. The average Bonchev–Trinajstić information content (AvgIpc) is 3.14. The highest BCUT2D eigenvalue weighted by atomic mass is 32.1. The van der Waals surface area contributed by atoms with Crippen molar-refractivity contribution >= 4 is 23.0 Å². The van der Waals surface area contributed by atoms with Crippen molar-refractivity contribution in [1.29, 1.82) is 0 Å². The third-order valence-electron chi connectivity index (χ3n) is 3.02.